The standard InChI is InChI=1S/C13H20F2Si/c1-5-11(4)16(14,15)13-8-10(3)7-12(6-2)9-13/h7-9,11H,5-6H2,1-4H3. The molecule has 90 valence electrons. The Bertz CT molecular complexity index is 361. The fraction of sp³-hybridized carbons (Fsp3) is 0.538. The SMILES string of the molecule is CCc1cc(C)cc([Si](F)(F)C(C)CC)c1. The average molecular weight is 242 g/mol. The molecule has 0 aliphatic heterocycles. The van der Waals surface area contributed by atoms with Gasteiger partial charge in [-0.05, 0) is 18.9 Å². The molecule has 0 heterocycles. The van der Waals surface area contributed by atoms with Crippen molar-refractivity contribution >= 4 is 13.9 Å². The van der Waals surface area contributed by atoms with Crippen molar-refractivity contribution in [2.24, 2.45) is 0 Å². The molecular formula is C13H20F2Si. The monoisotopic (exact) mass is 242 g/mol. The van der Waals surface area contributed by atoms with Gasteiger partial charge in [0.15, 0.2) is 0 Å². The van der Waals surface area contributed by atoms with Gasteiger partial charge < -0.3 is 0 Å². The van der Waals surface area contributed by atoms with Crippen LogP contribution in [0.4, 0.5) is 8.22 Å². The zero-order valence-corrected chi connectivity index (χ0v) is 11.5. The topological polar surface area (TPSA) is 0 Å². The van der Waals surface area contributed by atoms with Crippen molar-refractivity contribution < 1.29 is 8.22 Å². The Morgan fingerprint density at radius 2 is 1.81 bits per heavy atom. The van der Waals surface area contributed by atoms with E-state index in [2.05, 4.69) is 0 Å². The van der Waals surface area contributed by atoms with E-state index in [9.17, 15) is 8.22 Å². The third-order valence-corrected chi connectivity index (χ3v) is 5.87. The van der Waals surface area contributed by atoms with Gasteiger partial charge in [-0.1, -0.05) is 51.0 Å². The van der Waals surface area contributed by atoms with Crippen molar-refractivity contribution in [3.63, 3.8) is 0 Å². The minimum Gasteiger partial charge on any atom is -0.264 e. The summed E-state index contributed by atoms with van der Waals surface area (Å²) in [4.78, 5) is 0. The van der Waals surface area contributed by atoms with Gasteiger partial charge in [-0.2, -0.15) is 0 Å². The molecule has 0 fully saturated rings. The summed E-state index contributed by atoms with van der Waals surface area (Å²) in [5, 5.41) is 0.304. The van der Waals surface area contributed by atoms with Crippen molar-refractivity contribution in [3.05, 3.63) is 29.3 Å². The second-order valence-electron chi connectivity index (χ2n) is 4.49. The quantitative estimate of drug-likeness (QED) is 0.554. The van der Waals surface area contributed by atoms with Gasteiger partial charge in [0, 0.05) is 10.7 Å². The highest BCUT2D eigenvalue weighted by Crippen LogP contribution is 2.27. The van der Waals surface area contributed by atoms with Crippen LogP contribution in [0.3, 0.4) is 0 Å². The molecule has 0 amide bonds. The number of benzene rings is 1. The van der Waals surface area contributed by atoms with Crippen LogP contribution in [0.1, 0.15) is 38.3 Å². The zero-order valence-electron chi connectivity index (χ0n) is 10.5. The van der Waals surface area contributed by atoms with Crippen LogP contribution in [0.5, 0.6) is 0 Å². The molecule has 0 N–H and O–H groups in total. The predicted octanol–water partition coefficient (Wildman–Crippen LogP) is 3.95. The van der Waals surface area contributed by atoms with Gasteiger partial charge in [0.25, 0.3) is 0 Å². The number of rotatable bonds is 4. The Balaban J connectivity index is 3.16. The Morgan fingerprint density at radius 3 is 2.31 bits per heavy atom. The molecule has 0 aromatic heterocycles. The van der Waals surface area contributed by atoms with Crippen molar-refractivity contribution in [1.82, 2.24) is 0 Å². The lowest BCUT2D eigenvalue weighted by molar-refractivity contribution is 0.572. The Labute approximate surface area is 98.0 Å². The Hall–Kier alpha value is -0.703. The molecule has 1 aromatic carbocycles. The molecule has 0 radical (unpaired) electrons. The van der Waals surface area contributed by atoms with Crippen LogP contribution in [0.25, 0.3) is 0 Å². The largest absolute Gasteiger partial charge is 0.458 e. The van der Waals surface area contributed by atoms with Gasteiger partial charge in [-0.15, -0.1) is 0 Å². The molecule has 0 saturated carbocycles. The summed E-state index contributed by atoms with van der Waals surface area (Å²) in [5.41, 5.74) is 1.49. The van der Waals surface area contributed by atoms with Gasteiger partial charge in [-0.3, -0.25) is 8.22 Å². The minimum absolute atomic E-state index is 0.304. The third kappa shape index (κ3) is 2.70. The first kappa shape index (κ1) is 13.4. The van der Waals surface area contributed by atoms with Crippen LogP contribution in [0, 0.1) is 6.92 Å². The first-order valence-corrected chi connectivity index (χ1v) is 7.74. The molecule has 0 saturated heterocycles. The van der Waals surface area contributed by atoms with Gasteiger partial charge in [-0.25, -0.2) is 0 Å². The lowest BCUT2D eigenvalue weighted by Gasteiger charge is -2.20. The molecule has 1 aromatic rings. The van der Waals surface area contributed by atoms with E-state index in [1.807, 2.05) is 26.8 Å². The van der Waals surface area contributed by atoms with E-state index < -0.39 is 14.3 Å². The lowest BCUT2D eigenvalue weighted by atomic mass is 10.1. The summed E-state index contributed by atoms with van der Waals surface area (Å²) in [7, 11) is -4.26. The zero-order chi connectivity index (χ0) is 12.3. The highest BCUT2D eigenvalue weighted by molar-refractivity contribution is 6.81. The maximum atomic E-state index is 14.2. The van der Waals surface area contributed by atoms with Crippen LogP contribution < -0.4 is 5.19 Å². The molecule has 0 nitrogen and oxygen atoms in total. The van der Waals surface area contributed by atoms with E-state index in [4.69, 9.17) is 0 Å². The maximum Gasteiger partial charge on any atom is 0.458 e. The molecule has 0 aliphatic carbocycles. The van der Waals surface area contributed by atoms with Gasteiger partial charge in [0.05, 0.1) is 0 Å². The molecule has 1 atom stereocenters. The van der Waals surface area contributed by atoms with E-state index in [-0.39, 0.29) is 0 Å². The van der Waals surface area contributed by atoms with E-state index in [1.54, 1.807) is 19.1 Å². The molecule has 1 unspecified atom stereocenters. The summed E-state index contributed by atoms with van der Waals surface area (Å²) in [6.45, 7) is 7.40. The summed E-state index contributed by atoms with van der Waals surface area (Å²) in [6.07, 6.45) is 1.37. The number of hydrogen-bond donors (Lipinski definition) is 0. The second-order valence-corrected chi connectivity index (χ2v) is 7.30. The molecule has 1 rings (SSSR count). The van der Waals surface area contributed by atoms with E-state index in [0.717, 1.165) is 17.5 Å². The molecular weight excluding hydrogens is 222 g/mol. The van der Waals surface area contributed by atoms with Crippen molar-refractivity contribution in [1.29, 1.82) is 0 Å². The first-order chi connectivity index (χ1) is 7.41. The lowest BCUT2D eigenvalue weighted by Crippen LogP contribution is -2.43. The van der Waals surface area contributed by atoms with Gasteiger partial charge in [0.2, 0.25) is 0 Å². The smallest absolute Gasteiger partial charge is 0.264 e. The summed E-state index contributed by atoms with van der Waals surface area (Å²) in [5.74, 6) is 0. The Kier molecular flexibility index (Phi) is 4.25. The fourth-order valence-electron chi connectivity index (χ4n) is 1.80. The van der Waals surface area contributed by atoms with Crippen LogP contribution in [0.15, 0.2) is 18.2 Å². The summed E-state index contributed by atoms with van der Waals surface area (Å²) < 4.78 is 28.4. The van der Waals surface area contributed by atoms with E-state index in [1.165, 1.54) is 0 Å². The number of halogens is 2. The summed E-state index contributed by atoms with van der Waals surface area (Å²) >= 11 is 0. The molecule has 0 aliphatic rings. The molecule has 0 spiro atoms. The van der Waals surface area contributed by atoms with Crippen molar-refractivity contribution in [2.75, 3.05) is 0 Å². The normalized spacial score (nSPS) is 13.9. The van der Waals surface area contributed by atoms with Gasteiger partial charge >= 0.3 is 8.74 Å². The van der Waals surface area contributed by atoms with E-state index >= 15 is 0 Å². The highest BCUT2D eigenvalue weighted by atomic mass is 28.4. The maximum absolute atomic E-state index is 14.2. The van der Waals surface area contributed by atoms with Crippen LogP contribution in [0.2, 0.25) is 5.54 Å². The minimum atomic E-state index is -4.26. The molecule has 0 bridgehead atoms. The number of hydrogen-bond acceptors (Lipinski definition) is 0. The van der Waals surface area contributed by atoms with E-state index in [0.29, 0.717) is 11.6 Å². The van der Waals surface area contributed by atoms with Crippen LogP contribution in [-0.4, -0.2) is 8.74 Å². The fourth-order valence-corrected chi connectivity index (χ4v) is 3.68. The van der Waals surface area contributed by atoms with Crippen molar-refractivity contribution in [2.45, 2.75) is 46.1 Å². The predicted molar refractivity (Wildman–Crippen MR) is 67.9 cm³/mol. The Morgan fingerprint density at radius 1 is 1.19 bits per heavy atom. The third-order valence-electron chi connectivity index (χ3n) is 3.16. The summed E-state index contributed by atoms with van der Waals surface area (Å²) in [6, 6.07) is 5.35. The number of aryl methyl sites for hydroxylation is 2. The molecule has 3 heteroatoms. The second kappa shape index (κ2) is 5.08. The van der Waals surface area contributed by atoms with Crippen LogP contribution in [-0.2, 0) is 6.42 Å². The van der Waals surface area contributed by atoms with Gasteiger partial charge in [0.1, 0.15) is 0 Å². The van der Waals surface area contributed by atoms with Crippen LogP contribution >= 0.6 is 0 Å². The van der Waals surface area contributed by atoms with Crippen molar-refractivity contribution in [3.8, 4) is 0 Å². The molecule has 16 heavy (non-hydrogen) atoms. The average Bonchev–Trinajstić information content (AvgIpc) is 2.26. The first-order valence-electron chi connectivity index (χ1n) is 5.90. The highest BCUT2D eigenvalue weighted by Gasteiger charge is 2.43.